The molecule has 1 aromatic heterocycles. The molecular formula is C50H81N3O18P2. The van der Waals surface area contributed by atoms with Crippen molar-refractivity contribution in [3.63, 3.8) is 0 Å². The molecule has 2 fully saturated rings. The van der Waals surface area contributed by atoms with Crippen molar-refractivity contribution in [2.45, 2.75) is 192 Å². The first kappa shape index (κ1) is 63.6. The minimum atomic E-state index is -5.71. The highest BCUT2D eigenvalue weighted by Crippen LogP contribution is 2.60. The molecule has 0 spiro atoms. The fraction of sp³-hybridized carbons (Fsp3) is 0.700. The molecule has 1 aromatic rings. The van der Waals surface area contributed by atoms with Gasteiger partial charge in [0.2, 0.25) is 0 Å². The van der Waals surface area contributed by atoms with E-state index < -0.39 is 120 Å². The average molecular weight is 1070 g/mol. The summed E-state index contributed by atoms with van der Waals surface area (Å²) in [6.45, 7) is 1.36. The van der Waals surface area contributed by atoms with E-state index in [2.05, 4.69) is 52.7 Å². The van der Waals surface area contributed by atoms with Crippen molar-refractivity contribution < 1.29 is 81.3 Å². The van der Waals surface area contributed by atoms with Crippen molar-refractivity contribution in [3.8, 4) is 0 Å². The van der Waals surface area contributed by atoms with Gasteiger partial charge in [0.05, 0.1) is 37.4 Å². The van der Waals surface area contributed by atoms with Crippen LogP contribution in [0.5, 0.6) is 0 Å². The number of anilines is 1. The van der Waals surface area contributed by atoms with E-state index in [1.54, 1.807) is 0 Å². The lowest BCUT2D eigenvalue weighted by atomic mass is 9.83. The lowest BCUT2D eigenvalue weighted by Gasteiger charge is -2.39. The first-order valence-electron chi connectivity index (χ1n) is 25.8. The molecule has 3 rings (SSSR count). The monoisotopic (exact) mass is 1070 g/mol. The number of nitrogens with two attached hydrogens (primary N) is 1. The largest absolute Gasteiger partial charge is 0.481 e. The number of nitrogen functional groups attached to an aromatic ring is 1. The zero-order chi connectivity index (χ0) is 53.7. The van der Waals surface area contributed by atoms with Gasteiger partial charge in [-0.1, -0.05) is 120 Å². The third-order valence-corrected chi connectivity index (χ3v) is 14.9. The van der Waals surface area contributed by atoms with Gasteiger partial charge < -0.3 is 50.2 Å². The molecule has 0 saturated carbocycles. The average Bonchev–Trinajstić information content (AvgIpc) is 3.33. The van der Waals surface area contributed by atoms with Crippen LogP contribution in [0.25, 0.3) is 0 Å². The summed E-state index contributed by atoms with van der Waals surface area (Å²) in [7, 11) is -11.3. The van der Waals surface area contributed by atoms with Crippen molar-refractivity contribution in [1.82, 2.24) is 9.55 Å². The Hall–Kier alpha value is -3.69. The van der Waals surface area contributed by atoms with E-state index >= 15 is 0 Å². The van der Waals surface area contributed by atoms with Crippen LogP contribution in [0.1, 0.15) is 155 Å². The molecule has 414 valence electrons. The Morgan fingerprint density at radius 1 is 0.877 bits per heavy atom. The number of aromatic nitrogens is 2. The second kappa shape index (κ2) is 34.8. The number of ether oxygens (including phenoxy) is 3. The summed E-state index contributed by atoms with van der Waals surface area (Å²) < 4.78 is 58.9. The summed E-state index contributed by atoms with van der Waals surface area (Å²) in [5.74, 6) is -5.06. The van der Waals surface area contributed by atoms with Gasteiger partial charge in [-0.25, -0.2) is 13.9 Å². The van der Waals surface area contributed by atoms with Crippen LogP contribution in [0.4, 0.5) is 5.82 Å². The van der Waals surface area contributed by atoms with Crippen LogP contribution in [0.15, 0.2) is 65.7 Å². The van der Waals surface area contributed by atoms with Crippen molar-refractivity contribution in [1.29, 1.82) is 0 Å². The molecule has 73 heavy (non-hydrogen) atoms. The standard InChI is InChI=1S/C50H81N3O18P2/c1-3-5-7-8-9-10-11-12-13-14-15-16-17-18-23-27-45(57)66-34-38-35-67-72(62,63)71-73(64,65)68-36-43-48(60)47(59)39(30-29-37(54)25-21-6-4-2)41(55)33-42(56)40(26-22-19-20-24-28-46(58)69-38)49(70-43)53-32-31-44(51)52-50(53)61/h5,7,9-10,12-13,29-32,37-40,42-43,47-49,54,56,59-60H,3-4,6,8,11,14-28,33-36H2,1-2H3,(H,62,63)(H,64,65)(H2,51,52,61)/b7-5-,10-9-,13-12-,30-29-/t37-,38+,39-,40-,42-,43+,47-,48+,49+/m0/s1. The van der Waals surface area contributed by atoms with Gasteiger partial charge in [-0.15, -0.1) is 0 Å². The molecule has 2 aliphatic rings. The smallest absolute Gasteiger partial charge is 0.462 e. The third-order valence-electron chi connectivity index (χ3n) is 12.3. The Morgan fingerprint density at radius 3 is 2.26 bits per heavy atom. The number of aliphatic hydroxyl groups is 4. The van der Waals surface area contributed by atoms with E-state index in [1.807, 2.05) is 6.92 Å². The number of carbonyl (C=O) groups is 3. The molecule has 2 saturated heterocycles. The summed E-state index contributed by atoms with van der Waals surface area (Å²) in [4.78, 5) is 78.0. The van der Waals surface area contributed by atoms with Crippen LogP contribution < -0.4 is 11.4 Å². The van der Waals surface area contributed by atoms with Gasteiger partial charge in [-0.2, -0.15) is 9.29 Å². The number of hydrogen-bond acceptors (Lipinski definition) is 18. The summed E-state index contributed by atoms with van der Waals surface area (Å²) in [6.07, 6.45) is 16.2. The molecule has 23 heteroatoms. The number of fused-ring (bicyclic) bond motifs is 3. The maximum atomic E-state index is 14.0. The highest BCUT2D eigenvalue weighted by atomic mass is 31.3. The fourth-order valence-corrected chi connectivity index (χ4v) is 10.3. The lowest BCUT2D eigenvalue weighted by molar-refractivity contribution is -0.188. The number of allylic oxidation sites excluding steroid dienone is 6. The molecular weight excluding hydrogens is 993 g/mol. The number of hydrogen-bond donors (Lipinski definition) is 7. The minimum absolute atomic E-state index is 0.0526. The highest BCUT2D eigenvalue weighted by molar-refractivity contribution is 7.61. The van der Waals surface area contributed by atoms with E-state index in [0.717, 1.165) is 68.8 Å². The van der Waals surface area contributed by atoms with E-state index in [-0.39, 0.29) is 31.5 Å². The molecule has 2 bridgehead atoms. The molecule has 3 heterocycles. The number of phosphoric ester groups is 2. The Morgan fingerprint density at radius 2 is 1.55 bits per heavy atom. The maximum Gasteiger partial charge on any atom is 0.481 e. The fourth-order valence-electron chi connectivity index (χ4n) is 8.23. The maximum absolute atomic E-state index is 14.0. The van der Waals surface area contributed by atoms with Crippen molar-refractivity contribution in [2.24, 2.45) is 11.8 Å². The van der Waals surface area contributed by atoms with Gasteiger partial charge in [0, 0.05) is 31.4 Å². The molecule has 0 radical (unpaired) electrons. The number of phosphoric acid groups is 2. The molecule has 2 unspecified atom stereocenters. The van der Waals surface area contributed by atoms with Gasteiger partial charge in [-0.05, 0) is 63.9 Å². The highest BCUT2D eigenvalue weighted by Gasteiger charge is 2.45. The Balaban J connectivity index is 1.77. The van der Waals surface area contributed by atoms with Crippen LogP contribution >= 0.6 is 15.6 Å². The minimum Gasteiger partial charge on any atom is -0.462 e. The van der Waals surface area contributed by atoms with Crippen LogP contribution in [-0.2, 0) is 51.1 Å². The van der Waals surface area contributed by atoms with Gasteiger partial charge in [0.25, 0.3) is 0 Å². The SMILES string of the molecule is CC/C=C\C/C=C\C/C=C\CCCCCCCC(=O)OC[C@@H]1COP(=O)(O)OP(=O)(O)OC[C@H]2O[C@@H](n3ccc(N)nc3=O)[C@@H](CCCCCCC(=O)O1)[C@@H](O)CC(=O)[C@H](/C=C\[C@@H](O)CCCCC)[C@H](O)[C@@H]2O. The number of ketones is 1. The van der Waals surface area contributed by atoms with Crippen molar-refractivity contribution >= 4 is 39.2 Å². The molecule has 0 amide bonds. The predicted molar refractivity (Wildman–Crippen MR) is 271 cm³/mol. The van der Waals surface area contributed by atoms with Gasteiger partial charge in [0.15, 0.2) is 6.10 Å². The van der Waals surface area contributed by atoms with E-state index in [1.165, 1.54) is 24.4 Å². The topological polar surface area (TPSA) is 323 Å². The molecule has 11 atom stereocenters. The van der Waals surface area contributed by atoms with Crippen LogP contribution in [0.2, 0.25) is 0 Å². The number of esters is 2. The number of cyclic esters (lactones) is 1. The zero-order valence-corrected chi connectivity index (χ0v) is 44.2. The van der Waals surface area contributed by atoms with Gasteiger partial charge in [-0.3, -0.25) is 28.0 Å². The van der Waals surface area contributed by atoms with Crippen LogP contribution in [-0.4, -0.2) is 114 Å². The van der Waals surface area contributed by atoms with Crippen molar-refractivity contribution in [3.05, 3.63) is 71.4 Å². The summed E-state index contributed by atoms with van der Waals surface area (Å²) in [6, 6.07) is 1.24. The number of unbranched alkanes of at least 4 members (excludes halogenated alkanes) is 7. The number of nitrogens with zero attached hydrogens (tertiary/aromatic N) is 2. The Kier molecular flexibility index (Phi) is 30.3. The first-order valence-corrected chi connectivity index (χ1v) is 28.7. The molecule has 0 aromatic carbocycles. The summed E-state index contributed by atoms with van der Waals surface area (Å²) in [5, 5.41) is 45.7. The van der Waals surface area contributed by atoms with Crippen molar-refractivity contribution in [2.75, 3.05) is 25.6 Å². The normalized spacial score (nSPS) is 29.5. The second-order valence-electron chi connectivity index (χ2n) is 18.4. The number of aliphatic hydroxyl groups excluding tert-OH is 4. The molecule has 8 N–H and O–H groups in total. The first-order chi connectivity index (χ1) is 34.9. The number of rotatable bonds is 22. The Labute approximate surface area is 429 Å². The van der Waals surface area contributed by atoms with Gasteiger partial charge in [0.1, 0.15) is 36.6 Å². The molecule has 2 aliphatic heterocycles. The van der Waals surface area contributed by atoms with Crippen LogP contribution in [0.3, 0.4) is 0 Å². The third kappa shape index (κ3) is 25.6. The molecule has 0 aliphatic carbocycles. The second-order valence-corrected chi connectivity index (χ2v) is 21.5. The van der Waals surface area contributed by atoms with E-state index in [4.69, 9.17) is 29.0 Å². The number of carbonyl (C=O) groups excluding carboxylic acids is 3. The summed E-state index contributed by atoms with van der Waals surface area (Å²) in [5.41, 5.74) is 4.77. The zero-order valence-electron chi connectivity index (χ0n) is 42.4. The Bertz CT molecular complexity index is 2080. The van der Waals surface area contributed by atoms with E-state index in [0.29, 0.717) is 38.5 Å². The lowest BCUT2D eigenvalue weighted by Crippen LogP contribution is -2.51. The molecule has 21 nitrogen and oxygen atoms in total. The van der Waals surface area contributed by atoms with Gasteiger partial charge >= 0.3 is 33.3 Å². The number of Topliss-reactive ketones (excluding diaryl/α,β-unsaturated/α-hetero) is 1. The quantitative estimate of drug-likeness (QED) is 0.0262. The van der Waals surface area contributed by atoms with Crippen LogP contribution in [0, 0.1) is 11.8 Å². The predicted octanol–water partition coefficient (Wildman–Crippen LogP) is 7.14. The van der Waals surface area contributed by atoms with E-state index in [9.17, 15) is 58.5 Å². The summed E-state index contributed by atoms with van der Waals surface area (Å²) >= 11 is 0.